The van der Waals surface area contributed by atoms with Crippen LogP contribution in [0.15, 0.2) is 12.2 Å². The molecule has 3 atom stereocenters. The summed E-state index contributed by atoms with van der Waals surface area (Å²) in [5.74, 6) is 0.828. The van der Waals surface area contributed by atoms with Gasteiger partial charge in [0.1, 0.15) is 0 Å². The van der Waals surface area contributed by atoms with Crippen LogP contribution in [0.4, 0.5) is 0 Å². The standard InChI is InChI=1S/C9H15NO/c11-8-2-1-3-9-7(4-5-8)6-10-9/h1-2,7-11H,3-6H2/b2-1-/t7-,8-,9-/m0/s1. The fourth-order valence-electron chi connectivity index (χ4n) is 1.89. The Hall–Kier alpha value is -0.340. The maximum atomic E-state index is 9.34. The van der Waals surface area contributed by atoms with Gasteiger partial charge >= 0.3 is 0 Å². The smallest absolute Gasteiger partial charge is 0.0721 e. The molecule has 1 fully saturated rings. The van der Waals surface area contributed by atoms with Crippen LogP contribution in [0, 0.1) is 5.92 Å². The van der Waals surface area contributed by atoms with Gasteiger partial charge in [-0.2, -0.15) is 0 Å². The Labute approximate surface area is 67.3 Å². The molecule has 1 heterocycles. The van der Waals surface area contributed by atoms with Gasteiger partial charge in [-0.1, -0.05) is 12.2 Å². The van der Waals surface area contributed by atoms with Crippen molar-refractivity contribution >= 4 is 0 Å². The zero-order chi connectivity index (χ0) is 7.68. The second-order valence-corrected chi connectivity index (χ2v) is 3.58. The molecule has 11 heavy (non-hydrogen) atoms. The van der Waals surface area contributed by atoms with E-state index in [0.29, 0.717) is 6.04 Å². The Bertz CT molecular complexity index is 167. The molecule has 0 aromatic carbocycles. The third-order valence-corrected chi connectivity index (χ3v) is 2.79. The Morgan fingerprint density at radius 2 is 2.27 bits per heavy atom. The molecule has 0 bridgehead atoms. The van der Waals surface area contributed by atoms with Gasteiger partial charge in [0.2, 0.25) is 0 Å². The summed E-state index contributed by atoms with van der Waals surface area (Å²) < 4.78 is 0. The molecule has 62 valence electrons. The molecular formula is C9H15NO. The van der Waals surface area contributed by atoms with Crippen molar-refractivity contribution in [1.82, 2.24) is 5.32 Å². The van der Waals surface area contributed by atoms with E-state index in [4.69, 9.17) is 0 Å². The highest BCUT2D eigenvalue weighted by atomic mass is 16.3. The van der Waals surface area contributed by atoms with Crippen molar-refractivity contribution in [3.8, 4) is 0 Å². The molecule has 2 rings (SSSR count). The number of fused-ring (bicyclic) bond motifs is 1. The molecule has 0 unspecified atom stereocenters. The Morgan fingerprint density at radius 3 is 3.00 bits per heavy atom. The molecule has 0 saturated carbocycles. The fraction of sp³-hybridized carbons (Fsp3) is 0.778. The van der Waals surface area contributed by atoms with Crippen molar-refractivity contribution in [2.45, 2.75) is 31.4 Å². The van der Waals surface area contributed by atoms with Crippen molar-refractivity contribution in [3.05, 3.63) is 12.2 Å². The molecule has 0 aromatic rings. The maximum absolute atomic E-state index is 9.34. The zero-order valence-electron chi connectivity index (χ0n) is 6.66. The summed E-state index contributed by atoms with van der Waals surface area (Å²) in [4.78, 5) is 0. The molecule has 1 aliphatic heterocycles. The molecule has 0 aromatic heterocycles. The van der Waals surface area contributed by atoms with Crippen LogP contribution in [0.25, 0.3) is 0 Å². The minimum absolute atomic E-state index is 0.184. The minimum Gasteiger partial charge on any atom is -0.389 e. The van der Waals surface area contributed by atoms with Gasteiger partial charge in [-0.3, -0.25) is 0 Å². The summed E-state index contributed by atoms with van der Waals surface area (Å²) >= 11 is 0. The van der Waals surface area contributed by atoms with Crippen LogP contribution in [-0.4, -0.2) is 23.8 Å². The van der Waals surface area contributed by atoms with Gasteiger partial charge in [0.05, 0.1) is 6.10 Å². The number of aliphatic hydroxyl groups is 1. The maximum Gasteiger partial charge on any atom is 0.0721 e. The van der Waals surface area contributed by atoms with Gasteiger partial charge in [-0.15, -0.1) is 0 Å². The first kappa shape index (κ1) is 7.32. The molecule has 0 amide bonds. The summed E-state index contributed by atoms with van der Waals surface area (Å²) in [5.41, 5.74) is 0. The van der Waals surface area contributed by atoms with Gasteiger partial charge in [-0.25, -0.2) is 0 Å². The van der Waals surface area contributed by atoms with Crippen molar-refractivity contribution in [1.29, 1.82) is 0 Å². The number of aliphatic hydroxyl groups excluding tert-OH is 1. The van der Waals surface area contributed by atoms with Gasteiger partial charge < -0.3 is 10.4 Å². The molecule has 1 saturated heterocycles. The third-order valence-electron chi connectivity index (χ3n) is 2.79. The van der Waals surface area contributed by atoms with Crippen LogP contribution < -0.4 is 5.32 Å². The second-order valence-electron chi connectivity index (χ2n) is 3.58. The highest BCUT2D eigenvalue weighted by Crippen LogP contribution is 2.24. The lowest BCUT2D eigenvalue weighted by molar-refractivity contribution is 0.155. The molecular weight excluding hydrogens is 138 g/mol. The summed E-state index contributed by atoms with van der Waals surface area (Å²) in [6, 6.07) is 0.707. The number of nitrogens with one attached hydrogen (secondary N) is 1. The first-order valence-corrected chi connectivity index (χ1v) is 4.44. The van der Waals surface area contributed by atoms with E-state index < -0.39 is 0 Å². The van der Waals surface area contributed by atoms with Crippen molar-refractivity contribution in [2.24, 2.45) is 5.92 Å². The molecule has 2 heteroatoms. The predicted molar refractivity (Wildman–Crippen MR) is 44.3 cm³/mol. The summed E-state index contributed by atoms with van der Waals surface area (Å²) in [6.45, 7) is 1.16. The van der Waals surface area contributed by atoms with E-state index in [0.717, 1.165) is 25.3 Å². The summed E-state index contributed by atoms with van der Waals surface area (Å²) in [5, 5.41) is 12.7. The van der Waals surface area contributed by atoms with Crippen molar-refractivity contribution in [3.63, 3.8) is 0 Å². The van der Waals surface area contributed by atoms with Crippen LogP contribution in [0.1, 0.15) is 19.3 Å². The first-order chi connectivity index (χ1) is 5.36. The van der Waals surface area contributed by atoms with E-state index >= 15 is 0 Å². The van der Waals surface area contributed by atoms with Crippen molar-refractivity contribution < 1.29 is 5.11 Å². The quantitative estimate of drug-likeness (QED) is 0.501. The number of rotatable bonds is 0. The zero-order valence-corrected chi connectivity index (χ0v) is 6.66. The number of hydrogen-bond acceptors (Lipinski definition) is 2. The lowest BCUT2D eigenvalue weighted by atomic mass is 9.83. The first-order valence-electron chi connectivity index (χ1n) is 4.44. The molecule has 2 nitrogen and oxygen atoms in total. The topological polar surface area (TPSA) is 32.3 Å². The minimum atomic E-state index is -0.184. The monoisotopic (exact) mass is 153 g/mol. The van der Waals surface area contributed by atoms with E-state index in [1.165, 1.54) is 6.42 Å². The average molecular weight is 153 g/mol. The van der Waals surface area contributed by atoms with Gasteiger partial charge in [0.15, 0.2) is 0 Å². The molecule has 2 aliphatic rings. The fourth-order valence-corrected chi connectivity index (χ4v) is 1.89. The molecule has 1 aliphatic carbocycles. The van der Waals surface area contributed by atoms with Crippen LogP contribution in [-0.2, 0) is 0 Å². The third kappa shape index (κ3) is 1.47. The lowest BCUT2D eigenvalue weighted by Gasteiger charge is -2.39. The van der Waals surface area contributed by atoms with Gasteiger partial charge in [-0.05, 0) is 31.7 Å². The lowest BCUT2D eigenvalue weighted by Crippen LogP contribution is -2.53. The summed E-state index contributed by atoms with van der Waals surface area (Å²) in [6.07, 6.45) is 7.07. The Kier molecular flexibility index (Phi) is 1.96. The van der Waals surface area contributed by atoms with E-state index in [-0.39, 0.29) is 6.10 Å². The highest BCUT2D eigenvalue weighted by molar-refractivity contribution is 5.00. The molecule has 0 radical (unpaired) electrons. The van der Waals surface area contributed by atoms with Gasteiger partial charge in [0.25, 0.3) is 0 Å². The largest absolute Gasteiger partial charge is 0.389 e. The Morgan fingerprint density at radius 1 is 1.36 bits per heavy atom. The van der Waals surface area contributed by atoms with Crippen molar-refractivity contribution in [2.75, 3.05) is 6.54 Å². The second kappa shape index (κ2) is 2.95. The summed E-state index contributed by atoms with van der Waals surface area (Å²) in [7, 11) is 0. The van der Waals surface area contributed by atoms with E-state index in [2.05, 4.69) is 11.4 Å². The van der Waals surface area contributed by atoms with Crippen LogP contribution >= 0.6 is 0 Å². The van der Waals surface area contributed by atoms with E-state index in [1.807, 2.05) is 6.08 Å². The molecule has 2 N–H and O–H groups in total. The number of hydrogen-bond donors (Lipinski definition) is 2. The van der Waals surface area contributed by atoms with Crippen LogP contribution in [0.2, 0.25) is 0 Å². The van der Waals surface area contributed by atoms with E-state index in [1.54, 1.807) is 0 Å². The Balaban J connectivity index is 1.96. The SMILES string of the molecule is O[C@H]1/C=C\C[C@@H]2NC[C@@H]2CC1. The highest BCUT2D eigenvalue weighted by Gasteiger charge is 2.29. The molecule has 0 spiro atoms. The average Bonchev–Trinajstić information content (AvgIpc) is 1.94. The van der Waals surface area contributed by atoms with Crippen LogP contribution in [0.3, 0.4) is 0 Å². The van der Waals surface area contributed by atoms with Gasteiger partial charge in [0, 0.05) is 6.04 Å². The predicted octanol–water partition coefficient (Wildman–Crippen LogP) is 0.675. The van der Waals surface area contributed by atoms with Crippen LogP contribution in [0.5, 0.6) is 0 Å². The normalized spacial score (nSPS) is 46.5. The van der Waals surface area contributed by atoms with E-state index in [9.17, 15) is 5.11 Å².